The van der Waals surface area contributed by atoms with E-state index in [2.05, 4.69) is 37.1 Å². The van der Waals surface area contributed by atoms with Crippen molar-refractivity contribution in [2.45, 2.75) is 52.6 Å². The molecule has 0 saturated carbocycles. The molecule has 0 aromatic heterocycles. The topological polar surface area (TPSA) is 38.3 Å². The van der Waals surface area contributed by atoms with Crippen molar-refractivity contribution < 1.29 is 9.53 Å². The summed E-state index contributed by atoms with van der Waals surface area (Å²) in [5.74, 6) is 6.72. The minimum absolute atomic E-state index is 0.396. The van der Waals surface area contributed by atoms with Crippen LogP contribution >= 0.6 is 0 Å². The Labute approximate surface area is 128 Å². The molecule has 0 aliphatic heterocycles. The van der Waals surface area contributed by atoms with E-state index in [1.807, 2.05) is 39.0 Å². The van der Waals surface area contributed by atoms with E-state index in [-0.39, 0.29) is 0 Å². The quantitative estimate of drug-likeness (QED) is 0.672. The molecule has 1 N–H and O–H groups in total. The zero-order chi connectivity index (χ0) is 15.9. The number of carbonyl (C=O) groups is 1. The molecule has 1 rings (SSSR count). The summed E-state index contributed by atoms with van der Waals surface area (Å²) in [4.78, 5) is 11.5. The lowest BCUT2D eigenvalue weighted by molar-refractivity contribution is 0.0529. The Morgan fingerprint density at radius 2 is 1.95 bits per heavy atom. The molecule has 0 bridgehead atoms. The summed E-state index contributed by atoms with van der Waals surface area (Å²) in [5, 5.41) is 2.70. The van der Waals surface area contributed by atoms with Crippen LogP contribution < -0.4 is 5.32 Å². The van der Waals surface area contributed by atoms with E-state index in [4.69, 9.17) is 4.74 Å². The predicted molar refractivity (Wildman–Crippen MR) is 86.3 cm³/mol. The summed E-state index contributed by atoms with van der Waals surface area (Å²) < 4.78 is 5.15. The maximum atomic E-state index is 11.5. The fourth-order valence-corrected chi connectivity index (χ4v) is 1.81. The van der Waals surface area contributed by atoms with Crippen molar-refractivity contribution >= 4 is 6.09 Å². The number of nitrogens with one attached hydrogen (secondary N) is 1. The van der Waals surface area contributed by atoms with Crippen molar-refractivity contribution in [3.05, 3.63) is 35.4 Å². The van der Waals surface area contributed by atoms with Crippen LogP contribution in [0.4, 0.5) is 4.79 Å². The van der Waals surface area contributed by atoms with Crippen molar-refractivity contribution in [3.8, 4) is 11.8 Å². The Kier molecular flexibility index (Phi) is 6.30. The van der Waals surface area contributed by atoms with Crippen molar-refractivity contribution in [2.75, 3.05) is 6.54 Å². The second-order valence-corrected chi connectivity index (χ2v) is 6.22. The summed E-state index contributed by atoms with van der Waals surface area (Å²) in [6.45, 7) is 10.3. The summed E-state index contributed by atoms with van der Waals surface area (Å²) in [7, 11) is 0. The fraction of sp³-hybridized carbons (Fsp3) is 0.500. The zero-order valence-electron chi connectivity index (χ0n) is 13.6. The van der Waals surface area contributed by atoms with Crippen LogP contribution in [0.25, 0.3) is 0 Å². The van der Waals surface area contributed by atoms with Gasteiger partial charge in [0, 0.05) is 18.5 Å². The average molecular weight is 287 g/mol. The van der Waals surface area contributed by atoms with Crippen molar-refractivity contribution in [2.24, 2.45) is 0 Å². The zero-order valence-corrected chi connectivity index (χ0v) is 13.6. The molecule has 0 saturated heterocycles. The highest BCUT2D eigenvalue weighted by atomic mass is 16.6. The van der Waals surface area contributed by atoms with E-state index < -0.39 is 11.7 Å². The molecule has 0 atom stereocenters. The van der Waals surface area contributed by atoms with Gasteiger partial charge in [0.25, 0.3) is 0 Å². The highest BCUT2D eigenvalue weighted by Crippen LogP contribution is 2.17. The molecule has 0 aliphatic carbocycles. The summed E-state index contributed by atoms with van der Waals surface area (Å²) >= 11 is 0. The number of benzene rings is 1. The van der Waals surface area contributed by atoms with Gasteiger partial charge in [-0.15, -0.1) is 0 Å². The third-order valence-corrected chi connectivity index (χ3v) is 2.72. The van der Waals surface area contributed by atoms with Gasteiger partial charge in [-0.25, -0.2) is 4.79 Å². The summed E-state index contributed by atoms with van der Waals surface area (Å²) in [6.07, 6.45) is 0.206. The van der Waals surface area contributed by atoms with Crippen LogP contribution in [0.5, 0.6) is 0 Å². The molecule has 0 fully saturated rings. The van der Waals surface area contributed by atoms with E-state index in [0.717, 1.165) is 5.56 Å². The van der Waals surface area contributed by atoms with E-state index in [1.165, 1.54) is 5.56 Å². The first-order chi connectivity index (χ1) is 9.79. The Morgan fingerprint density at radius 1 is 1.29 bits per heavy atom. The third kappa shape index (κ3) is 6.85. The molecule has 1 amide bonds. The van der Waals surface area contributed by atoms with E-state index in [9.17, 15) is 4.79 Å². The third-order valence-electron chi connectivity index (χ3n) is 2.72. The smallest absolute Gasteiger partial charge is 0.407 e. The lowest BCUT2D eigenvalue weighted by Crippen LogP contribution is -2.32. The molecule has 1 aromatic rings. The van der Waals surface area contributed by atoms with Gasteiger partial charge in [-0.05, 0) is 38.3 Å². The van der Waals surface area contributed by atoms with Crippen molar-refractivity contribution in [3.63, 3.8) is 0 Å². The van der Waals surface area contributed by atoms with E-state index in [0.29, 0.717) is 18.9 Å². The van der Waals surface area contributed by atoms with Crippen molar-refractivity contribution in [1.82, 2.24) is 5.32 Å². The maximum absolute atomic E-state index is 11.5. The number of alkyl carbamates (subject to hydrolysis) is 1. The molecule has 0 heterocycles. The van der Waals surface area contributed by atoms with Gasteiger partial charge in [-0.1, -0.05) is 43.9 Å². The Balaban J connectivity index is 2.46. The number of ether oxygens (including phenoxy) is 1. The van der Waals surface area contributed by atoms with Crippen LogP contribution in [0.2, 0.25) is 0 Å². The molecular formula is C18H25NO2. The van der Waals surface area contributed by atoms with Gasteiger partial charge in [-0.3, -0.25) is 0 Å². The SMILES string of the molecule is CC(C)c1ccccc1C#CCCNC(=O)OC(C)(C)C. The first-order valence-electron chi connectivity index (χ1n) is 7.34. The Bertz CT molecular complexity index is 530. The number of hydrogen-bond donors (Lipinski definition) is 1. The van der Waals surface area contributed by atoms with Crippen LogP contribution in [0.15, 0.2) is 24.3 Å². The molecule has 0 radical (unpaired) electrons. The first-order valence-corrected chi connectivity index (χ1v) is 7.34. The normalized spacial score (nSPS) is 10.8. The van der Waals surface area contributed by atoms with Crippen molar-refractivity contribution in [1.29, 1.82) is 0 Å². The molecule has 1 aromatic carbocycles. The monoisotopic (exact) mass is 287 g/mol. The Morgan fingerprint density at radius 3 is 2.57 bits per heavy atom. The van der Waals surface area contributed by atoms with Crippen LogP contribution in [-0.4, -0.2) is 18.2 Å². The maximum Gasteiger partial charge on any atom is 0.407 e. The predicted octanol–water partition coefficient (Wildman–Crippen LogP) is 4.08. The second kappa shape index (κ2) is 7.73. The van der Waals surface area contributed by atoms with Gasteiger partial charge in [-0.2, -0.15) is 0 Å². The largest absolute Gasteiger partial charge is 0.444 e. The van der Waals surface area contributed by atoms with Gasteiger partial charge < -0.3 is 10.1 Å². The molecule has 3 heteroatoms. The van der Waals surface area contributed by atoms with Gasteiger partial charge >= 0.3 is 6.09 Å². The van der Waals surface area contributed by atoms with Crippen LogP contribution in [0, 0.1) is 11.8 Å². The van der Waals surface area contributed by atoms with Gasteiger partial charge in [0.15, 0.2) is 0 Å². The molecular weight excluding hydrogens is 262 g/mol. The van der Waals surface area contributed by atoms with Gasteiger partial charge in [0.2, 0.25) is 0 Å². The van der Waals surface area contributed by atoms with E-state index in [1.54, 1.807) is 0 Å². The molecule has 0 aliphatic rings. The molecule has 0 spiro atoms. The van der Waals surface area contributed by atoms with Crippen LogP contribution in [0.1, 0.15) is 58.1 Å². The average Bonchev–Trinajstić information content (AvgIpc) is 2.36. The number of hydrogen-bond acceptors (Lipinski definition) is 2. The summed E-state index contributed by atoms with van der Waals surface area (Å²) in [6, 6.07) is 8.16. The lowest BCUT2D eigenvalue weighted by atomic mass is 9.97. The fourth-order valence-electron chi connectivity index (χ4n) is 1.81. The minimum Gasteiger partial charge on any atom is -0.444 e. The van der Waals surface area contributed by atoms with E-state index >= 15 is 0 Å². The highest BCUT2D eigenvalue weighted by Gasteiger charge is 2.15. The minimum atomic E-state index is -0.466. The molecule has 0 unspecified atom stereocenters. The second-order valence-electron chi connectivity index (χ2n) is 6.22. The molecule has 3 nitrogen and oxygen atoms in total. The standard InChI is InChI=1S/C18H25NO2/c1-14(2)16-12-7-6-10-15(16)11-8-9-13-19-17(20)21-18(3,4)5/h6-7,10,12,14H,9,13H2,1-5H3,(H,19,20). The number of amides is 1. The number of carbonyl (C=O) groups excluding carboxylic acids is 1. The van der Waals surface area contributed by atoms with Crippen LogP contribution in [0.3, 0.4) is 0 Å². The number of rotatable bonds is 3. The first kappa shape index (κ1) is 17.1. The molecule has 21 heavy (non-hydrogen) atoms. The summed E-state index contributed by atoms with van der Waals surface area (Å²) in [5.41, 5.74) is 1.85. The Hall–Kier alpha value is -1.95. The lowest BCUT2D eigenvalue weighted by Gasteiger charge is -2.19. The van der Waals surface area contributed by atoms with Gasteiger partial charge in [0.1, 0.15) is 5.60 Å². The molecule has 114 valence electrons. The van der Waals surface area contributed by atoms with Crippen LogP contribution in [-0.2, 0) is 4.74 Å². The van der Waals surface area contributed by atoms with Gasteiger partial charge in [0.05, 0.1) is 0 Å². The highest BCUT2D eigenvalue weighted by molar-refractivity contribution is 5.67.